The van der Waals surface area contributed by atoms with Crippen LogP contribution in [-0.4, -0.2) is 15.1 Å². The third kappa shape index (κ3) is 3.41. The van der Waals surface area contributed by atoms with Crippen molar-refractivity contribution in [2.75, 3.05) is 0 Å². The van der Waals surface area contributed by atoms with Gasteiger partial charge in [0, 0.05) is 40.1 Å². The van der Waals surface area contributed by atoms with E-state index in [0.717, 1.165) is 57.2 Å². The van der Waals surface area contributed by atoms with E-state index in [4.69, 9.17) is 4.74 Å². The van der Waals surface area contributed by atoms with Crippen molar-refractivity contribution in [2.24, 2.45) is 0 Å². The maximum Gasteiger partial charge on any atom is 0.322 e. The van der Waals surface area contributed by atoms with Gasteiger partial charge in [0.15, 0.2) is 0 Å². The van der Waals surface area contributed by atoms with E-state index in [0.29, 0.717) is 5.76 Å². The minimum absolute atomic E-state index is 0.221. The lowest BCUT2D eigenvalue weighted by atomic mass is 9.95. The Kier molecular flexibility index (Phi) is 5.74. The first-order chi connectivity index (χ1) is 16.6. The van der Waals surface area contributed by atoms with Crippen molar-refractivity contribution in [3.05, 3.63) is 89.3 Å². The highest BCUT2D eigenvalue weighted by atomic mass is 16.5. The third-order valence-electron chi connectivity index (χ3n) is 6.68. The molecule has 0 fully saturated rings. The molecule has 2 aromatic heterocycles. The summed E-state index contributed by atoms with van der Waals surface area (Å²) in [7, 11) is 0. The minimum atomic E-state index is -0.441. The van der Waals surface area contributed by atoms with Crippen LogP contribution >= 0.6 is 0 Å². The van der Waals surface area contributed by atoms with Gasteiger partial charge in [-0.25, -0.2) is 0 Å². The number of carbonyl (C=O) groups is 1. The van der Waals surface area contributed by atoms with E-state index in [1.54, 1.807) is 0 Å². The fraction of sp³-hybridized carbons (Fsp3) is 0.233. The van der Waals surface area contributed by atoms with Gasteiger partial charge in [0.2, 0.25) is 0 Å². The molecule has 0 spiro atoms. The van der Waals surface area contributed by atoms with Crippen molar-refractivity contribution >= 4 is 45.9 Å². The van der Waals surface area contributed by atoms with E-state index in [2.05, 4.69) is 85.6 Å². The summed E-state index contributed by atoms with van der Waals surface area (Å²) in [4.78, 5) is 13.3. The monoisotopic (exact) mass is 450 g/mol. The van der Waals surface area contributed by atoms with Crippen LogP contribution in [-0.2, 0) is 9.53 Å². The highest BCUT2D eigenvalue weighted by Gasteiger charge is 2.35. The molecule has 3 heterocycles. The summed E-state index contributed by atoms with van der Waals surface area (Å²) in [5, 5.41) is 2.18. The number of hydrogen-bond acceptors (Lipinski definition) is 2. The van der Waals surface area contributed by atoms with Crippen LogP contribution in [0, 0.1) is 13.8 Å². The number of rotatable bonds is 6. The first-order valence-corrected chi connectivity index (χ1v) is 12.0. The first kappa shape index (κ1) is 22.0. The second-order valence-corrected chi connectivity index (χ2v) is 8.75. The van der Waals surface area contributed by atoms with Gasteiger partial charge in [-0.05, 0) is 50.5 Å². The molecule has 1 unspecified atom stereocenters. The highest BCUT2D eigenvalue weighted by Crippen LogP contribution is 2.42. The molecule has 4 nitrogen and oxygen atoms in total. The molecular weight excluding hydrogens is 420 g/mol. The molecule has 1 aliphatic heterocycles. The Morgan fingerprint density at radius 2 is 1.38 bits per heavy atom. The Balaban J connectivity index is 1.69. The molecule has 2 aromatic carbocycles. The van der Waals surface area contributed by atoms with Crippen molar-refractivity contribution in [3.63, 3.8) is 0 Å². The molecule has 1 aliphatic rings. The zero-order valence-corrected chi connectivity index (χ0v) is 20.2. The Hall–Kier alpha value is -3.79. The largest absolute Gasteiger partial charge is 0.425 e. The second-order valence-electron chi connectivity index (χ2n) is 8.75. The summed E-state index contributed by atoms with van der Waals surface area (Å²) in [6.07, 6.45) is 12.4. The van der Waals surface area contributed by atoms with Crippen molar-refractivity contribution in [1.82, 2.24) is 9.13 Å². The van der Waals surface area contributed by atoms with Crippen molar-refractivity contribution < 1.29 is 9.53 Å². The number of nitrogens with zero attached hydrogens (tertiary/aromatic N) is 2. The van der Waals surface area contributed by atoms with Crippen LogP contribution in [0.2, 0.25) is 0 Å². The van der Waals surface area contributed by atoms with E-state index in [1.165, 1.54) is 0 Å². The quantitative estimate of drug-likeness (QED) is 0.283. The molecular formula is C30H30N2O2. The summed E-state index contributed by atoms with van der Waals surface area (Å²) in [5.74, 6) is -0.0163. The number of ether oxygens (including phenoxy) is 1. The van der Waals surface area contributed by atoms with Gasteiger partial charge in [-0.2, -0.15) is 0 Å². The summed E-state index contributed by atoms with van der Waals surface area (Å²) in [6.45, 7) is 8.42. The number of fused-ring (bicyclic) bond motifs is 2. The molecule has 0 saturated heterocycles. The zero-order chi connectivity index (χ0) is 23.8. The van der Waals surface area contributed by atoms with Crippen LogP contribution in [0.25, 0.3) is 40.0 Å². The molecule has 0 bridgehead atoms. The summed E-state index contributed by atoms with van der Waals surface area (Å²) >= 11 is 0. The van der Waals surface area contributed by atoms with Crippen LogP contribution in [0.5, 0.6) is 0 Å². The molecule has 0 aliphatic carbocycles. The molecule has 0 N–H and O–H groups in total. The standard InChI is InChI=1S/C30H30N2O2/c1-5-7-17-31-20(3)28(22-13-9-11-15-25(22)31)24-19-27(34-30(24)33)29-21(4)32(18-8-6-2)26-16-12-10-14-23(26)29/h7-19,24H,5-6H2,1-4H3. The third-order valence-corrected chi connectivity index (χ3v) is 6.68. The molecule has 4 aromatic rings. The summed E-state index contributed by atoms with van der Waals surface area (Å²) < 4.78 is 10.3. The van der Waals surface area contributed by atoms with Crippen molar-refractivity contribution in [2.45, 2.75) is 46.5 Å². The summed E-state index contributed by atoms with van der Waals surface area (Å²) in [5.41, 5.74) is 6.35. The molecule has 172 valence electrons. The maximum atomic E-state index is 13.3. The van der Waals surface area contributed by atoms with Gasteiger partial charge in [0.25, 0.3) is 0 Å². The van der Waals surface area contributed by atoms with E-state index in [-0.39, 0.29) is 5.97 Å². The van der Waals surface area contributed by atoms with Crippen LogP contribution in [0.1, 0.15) is 55.1 Å². The van der Waals surface area contributed by atoms with Gasteiger partial charge in [0.05, 0.1) is 11.0 Å². The van der Waals surface area contributed by atoms with Gasteiger partial charge >= 0.3 is 5.97 Å². The number of cyclic esters (lactones) is 1. The van der Waals surface area contributed by atoms with E-state index in [1.807, 2.05) is 30.3 Å². The fourth-order valence-electron chi connectivity index (χ4n) is 5.08. The molecule has 0 amide bonds. The SMILES string of the molecule is CCC=Cn1c(C)c(C2=CC(c3c(C)n(C=CCC)c4ccccc34)C(=O)O2)c2ccccc21. The Bertz CT molecular complexity index is 1490. The molecule has 0 saturated carbocycles. The Morgan fingerprint density at radius 1 is 0.824 bits per heavy atom. The Labute approximate surface area is 200 Å². The van der Waals surface area contributed by atoms with Gasteiger partial charge in [-0.15, -0.1) is 0 Å². The van der Waals surface area contributed by atoms with Crippen LogP contribution in [0.15, 0.2) is 66.8 Å². The van der Waals surface area contributed by atoms with Gasteiger partial charge in [-0.3, -0.25) is 4.79 Å². The van der Waals surface area contributed by atoms with Gasteiger partial charge in [-0.1, -0.05) is 62.4 Å². The topological polar surface area (TPSA) is 36.2 Å². The first-order valence-electron chi connectivity index (χ1n) is 12.0. The predicted octanol–water partition coefficient (Wildman–Crippen LogP) is 7.66. The minimum Gasteiger partial charge on any atom is -0.425 e. The van der Waals surface area contributed by atoms with E-state index in [9.17, 15) is 4.79 Å². The van der Waals surface area contributed by atoms with Crippen molar-refractivity contribution in [1.29, 1.82) is 0 Å². The van der Waals surface area contributed by atoms with Crippen LogP contribution < -0.4 is 0 Å². The van der Waals surface area contributed by atoms with Gasteiger partial charge < -0.3 is 13.9 Å². The second kappa shape index (κ2) is 8.86. The number of hydrogen-bond donors (Lipinski definition) is 0. The highest BCUT2D eigenvalue weighted by molar-refractivity contribution is 6.03. The fourth-order valence-corrected chi connectivity index (χ4v) is 5.08. The normalized spacial score (nSPS) is 16.4. The van der Waals surface area contributed by atoms with Crippen LogP contribution in [0.3, 0.4) is 0 Å². The number of esters is 1. The molecule has 0 radical (unpaired) electrons. The van der Waals surface area contributed by atoms with E-state index < -0.39 is 5.92 Å². The lowest BCUT2D eigenvalue weighted by Crippen LogP contribution is -2.08. The number of aromatic nitrogens is 2. The lowest BCUT2D eigenvalue weighted by molar-refractivity contribution is -0.135. The number of carbonyl (C=O) groups excluding carboxylic acids is 1. The Morgan fingerprint density at radius 3 is 2.03 bits per heavy atom. The maximum absolute atomic E-state index is 13.3. The molecule has 1 atom stereocenters. The smallest absolute Gasteiger partial charge is 0.322 e. The average molecular weight is 451 g/mol. The van der Waals surface area contributed by atoms with Gasteiger partial charge in [0.1, 0.15) is 11.7 Å². The van der Waals surface area contributed by atoms with E-state index >= 15 is 0 Å². The zero-order valence-electron chi connectivity index (χ0n) is 20.2. The van der Waals surface area contributed by atoms with Crippen molar-refractivity contribution in [3.8, 4) is 0 Å². The molecule has 4 heteroatoms. The number of allylic oxidation sites excluding steroid dienone is 2. The number of benzene rings is 2. The molecule has 5 rings (SSSR count). The average Bonchev–Trinajstić information content (AvgIpc) is 3.44. The predicted molar refractivity (Wildman–Crippen MR) is 141 cm³/mol. The number of para-hydroxylation sites is 2. The molecule has 34 heavy (non-hydrogen) atoms. The summed E-state index contributed by atoms with van der Waals surface area (Å²) in [6, 6.07) is 16.6. The lowest BCUT2D eigenvalue weighted by Gasteiger charge is -2.06. The van der Waals surface area contributed by atoms with Crippen LogP contribution in [0.4, 0.5) is 0 Å².